The van der Waals surface area contributed by atoms with E-state index in [0.29, 0.717) is 11.4 Å². The van der Waals surface area contributed by atoms with Crippen LogP contribution in [0.3, 0.4) is 0 Å². The number of ether oxygens (including phenoxy) is 1. The fraction of sp³-hybridized carbons (Fsp3) is 0.0435. The number of nitrogens with one attached hydrogen (secondary N) is 1. The first-order chi connectivity index (χ1) is 13.3. The maximum absolute atomic E-state index is 12.6. The highest BCUT2D eigenvalue weighted by atomic mass is 16.5. The summed E-state index contributed by atoms with van der Waals surface area (Å²) in [5.74, 6) is 1.21. The Balaban J connectivity index is 1.53. The fourth-order valence-electron chi connectivity index (χ4n) is 2.95. The van der Waals surface area contributed by atoms with Gasteiger partial charge in [0.1, 0.15) is 5.75 Å². The lowest BCUT2D eigenvalue weighted by molar-refractivity contribution is -0.115. The molecule has 3 aromatic carbocycles. The van der Waals surface area contributed by atoms with E-state index in [-0.39, 0.29) is 12.3 Å². The summed E-state index contributed by atoms with van der Waals surface area (Å²) in [6.07, 6.45) is 1.99. The Morgan fingerprint density at radius 1 is 0.852 bits per heavy atom. The van der Waals surface area contributed by atoms with E-state index >= 15 is 0 Å². The second kappa shape index (κ2) is 7.70. The number of anilines is 1. The second-order valence-electron chi connectivity index (χ2n) is 6.13. The third-order valence-electron chi connectivity index (χ3n) is 4.20. The molecule has 1 amide bonds. The average Bonchev–Trinajstić information content (AvgIpc) is 2.71. The Morgan fingerprint density at radius 2 is 1.63 bits per heavy atom. The van der Waals surface area contributed by atoms with Crippen molar-refractivity contribution in [3.8, 4) is 11.5 Å². The van der Waals surface area contributed by atoms with Gasteiger partial charge in [-0.1, -0.05) is 54.6 Å². The third kappa shape index (κ3) is 3.96. The number of hydrogen-bond acceptors (Lipinski definition) is 3. The zero-order valence-corrected chi connectivity index (χ0v) is 14.6. The van der Waals surface area contributed by atoms with Gasteiger partial charge in [0.15, 0.2) is 5.75 Å². The standard InChI is InChI=1S/C23H18N2O2/c26-22(16-18-9-6-8-17-10-7-15-24-23(17)18)25-20-13-4-5-14-21(20)27-19-11-2-1-3-12-19/h1-15H,16H2,(H,25,26). The van der Waals surface area contributed by atoms with Crippen LogP contribution in [0.25, 0.3) is 10.9 Å². The molecule has 0 atom stereocenters. The highest BCUT2D eigenvalue weighted by Crippen LogP contribution is 2.29. The third-order valence-corrected chi connectivity index (χ3v) is 4.20. The molecule has 132 valence electrons. The smallest absolute Gasteiger partial charge is 0.228 e. The van der Waals surface area contributed by atoms with Crippen molar-refractivity contribution in [2.45, 2.75) is 6.42 Å². The van der Waals surface area contributed by atoms with Gasteiger partial charge in [-0.2, -0.15) is 0 Å². The fourth-order valence-corrected chi connectivity index (χ4v) is 2.95. The summed E-state index contributed by atoms with van der Waals surface area (Å²) in [5, 5.41) is 3.98. The van der Waals surface area contributed by atoms with E-state index in [1.165, 1.54) is 0 Å². The lowest BCUT2D eigenvalue weighted by atomic mass is 10.1. The number of aromatic nitrogens is 1. The van der Waals surface area contributed by atoms with E-state index in [1.54, 1.807) is 6.20 Å². The van der Waals surface area contributed by atoms with Crippen molar-refractivity contribution in [3.05, 3.63) is 96.7 Å². The molecular weight excluding hydrogens is 336 g/mol. The molecule has 0 bridgehead atoms. The number of nitrogens with zero attached hydrogens (tertiary/aromatic N) is 1. The minimum atomic E-state index is -0.114. The Hall–Kier alpha value is -3.66. The number of carbonyl (C=O) groups excluding carboxylic acids is 1. The van der Waals surface area contributed by atoms with E-state index < -0.39 is 0 Å². The summed E-state index contributed by atoms with van der Waals surface area (Å²) < 4.78 is 5.90. The van der Waals surface area contributed by atoms with Crippen LogP contribution >= 0.6 is 0 Å². The van der Waals surface area contributed by atoms with Gasteiger partial charge in [-0.25, -0.2) is 0 Å². The SMILES string of the molecule is O=C(Cc1cccc2cccnc12)Nc1ccccc1Oc1ccccc1. The van der Waals surface area contributed by atoms with E-state index in [1.807, 2.05) is 84.9 Å². The summed E-state index contributed by atoms with van der Waals surface area (Å²) in [6, 6.07) is 26.7. The van der Waals surface area contributed by atoms with Crippen molar-refractivity contribution in [3.63, 3.8) is 0 Å². The zero-order chi connectivity index (χ0) is 18.5. The van der Waals surface area contributed by atoms with Crippen molar-refractivity contribution < 1.29 is 9.53 Å². The minimum Gasteiger partial charge on any atom is -0.455 e. The van der Waals surface area contributed by atoms with E-state index in [0.717, 1.165) is 22.2 Å². The van der Waals surface area contributed by atoms with Gasteiger partial charge in [0.2, 0.25) is 5.91 Å². The summed E-state index contributed by atoms with van der Waals surface area (Å²) in [6.45, 7) is 0. The summed E-state index contributed by atoms with van der Waals surface area (Å²) in [4.78, 5) is 17.0. The van der Waals surface area contributed by atoms with E-state index in [9.17, 15) is 4.79 Å². The summed E-state index contributed by atoms with van der Waals surface area (Å²) in [7, 11) is 0. The Morgan fingerprint density at radius 3 is 2.52 bits per heavy atom. The predicted molar refractivity (Wildman–Crippen MR) is 107 cm³/mol. The maximum atomic E-state index is 12.6. The number of benzene rings is 3. The van der Waals surface area contributed by atoms with Crippen molar-refractivity contribution in [2.75, 3.05) is 5.32 Å². The molecule has 27 heavy (non-hydrogen) atoms. The van der Waals surface area contributed by atoms with Crippen molar-refractivity contribution in [1.82, 2.24) is 4.98 Å². The minimum absolute atomic E-state index is 0.114. The summed E-state index contributed by atoms with van der Waals surface area (Å²) >= 11 is 0. The molecule has 4 rings (SSSR count). The van der Waals surface area contributed by atoms with Crippen LogP contribution in [-0.2, 0) is 11.2 Å². The number of fused-ring (bicyclic) bond motifs is 1. The molecule has 0 fully saturated rings. The van der Waals surface area contributed by atoms with Crippen LogP contribution in [0, 0.1) is 0 Å². The molecule has 0 radical (unpaired) electrons. The molecule has 1 aromatic heterocycles. The van der Waals surface area contributed by atoms with Gasteiger partial charge in [0.05, 0.1) is 17.6 Å². The molecular formula is C23H18N2O2. The molecule has 4 aromatic rings. The zero-order valence-electron chi connectivity index (χ0n) is 14.6. The first-order valence-corrected chi connectivity index (χ1v) is 8.74. The Kier molecular flexibility index (Phi) is 4.79. The van der Waals surface area contributed by atoms with Crippen LogP contribution in [0.15, 0.2) is 91.1 Å². The number of para-hydroxylation sites is 4. The highest BCUT2D eigenvalue weighted by molar-refractivity contribution is 5.96. The quantitative estimate of drug-likeness (QED) is 0.535. The van der Waals surface area contributed by atoms with Crippen LogP contribution in [0.2, 0.25) is 0 Å². The Bertz CT molecular complexity index is 1070. The van der Waals surface area contributed by atoms with E-state index in [4.69, 9.17) is 4.74 Å². The molecule has 1 N–H and O–H groups in total. The van der Waals surface area contributed by atoms with Gasteiger partial charge < -0.3 is 10.1 Å². The molecule has 0 spiro atoms. The molecule has 0 unspecified atom stereocenters. The van der Waals surface area contributed by atoms with Crippen LogP contribution in [0.4, 0.5) is 5.69 Å². The average molecular weight is 354 g/mol. The molecule has 0 aliphatic carbocycles. The molecule has 4 heteroatoms. The number of amides is 1. The van der Waals surface area contributed by atoms with Gasteiger partial charge >= 0.3 is 0 Å². The molecule has 0 aliphatic rings. The van der Waals surface area contributed by atoms with Gasteiger partial charge in [-0.15, -0.1) is 0 Å². The van der Waals surface area contributed by atoms with Crippen molar-refractivity contribution >= 4 is 22.5 Å². The van der Waals surface area contributed by atoms with Crippen LogP contribution < -0.4 is 10.1 Å². The first-order valence-electron chi connectivity index (χ1n) is 8.74. The molecule has 4 nitrogen and oxygen atoms in total. The number of carbonyl (C=O) groups is 1. The Labute approximate surface area is 157 Å². The van der Waals surface area contributed by atoms with E-state index in [2.05, 4.69) is 10.3 Å². The molecule has 0 aliphatic heterocycles. The second-order valence-corrected chi connectivity index (χ2v) is 6.13. The van der Waals surface area contributed by atoms with Gasteiger partial charge in [0.25, 0.3) is 0 Å². The van der Waals surface area contributed by atoms with Crippen LogP contribution in [0.1, 0.15) is 5.56 Å². The number of pyridine rings is 1. The maximum Gasteiger partial charge on any atom is 0.228 e. The number of rotatable bonds is 5. The monoisotopic (exact) mass is 354 g/mol. The predicted octanol–water partition coefficient (Wildman–Crippen LogP) is 5.21. The van der Waals surface area contributed by atoms with Gasteiger partial charge in [-0.3, -0.25) is 9.78 Å². The highest BCUT2D eigenvalue weighted by Gasteiger charge is 2.11. The van der Waals surface area contributed by atoms with Crippen molar-refractivity contribution in [2.24, 2.45) is 0 Å². The van der Waals surface area contributed by atoms with Crippen molar-refractivity contribution in [1.29, 1.82) is 0 Å². The lowest BCUT2D eigenvalue weighted by Gasteiger charge is -2.12. The van der Waals surface area contributed by atoms with Gasteiger partial charge in [0, 0.05) is 11.6 Å². The van der Waals surface area contributed by atoms with Gasteiger partial charge in [-0.05, 0) is 35.9 Å². The normalized spacial score (nSPS) is 10.5. The molecule has 0 saturated heterocycles. The molecule has 1 heterocycles. The molecule has 0 saturated carbocycles. The number of hydrogen-bond donors (Lipinski definition) is 1. The summed E-state index contributed by atoms with van der Waals surface area (Å²) in [5.41, 5.74) is 2.38. The van der Waals surface area contributed by atoms with Crippen LogP contribution in [-0.4, -0.2) is 10.9 Å². The lowest BCUT2D eigenvalue weighted by Crippen LogP contribution is -2.15. The topological polar surface area (TPSA) is 51.2 Å². The first kappa shape index (κ1) is 16.8. The van der Waals surface area contributed by atoms with Crippen LogP contribution in [0.5, 0.6) is 11.5 Å². The largest absolute Gasteiger partial charge is 0.455 e.